The summed E-state index contributed by atoms with van der Waals surface area (Å²) in [5.41, 5.74) is 1.27. The van der Waals surface area contributed by atoms with Crippen LogP contribution in [0.4, 0.5) is 0 Å². The van der Waals surface area contributed by atoms with E-state index in [1.165, 1.54) is 5.56 Å². The average molecular weight is 318 g/mol. The molecule has 6 nitrogen and oxygen atoms in total. The Morgan fingerprint density at radius 1 is 1.09 bits per heavy atom. The van der Waals surface area contributed by atoms with Crippen LogP contribution < -0.4 is 0 Å². The lowest BCUT2D eigenvalue weighted by Crippen LogP contribution is -2.50. The van der Waals surface area contributed by atoms with Crippen LogP contribution in [0.3, 0.4) is 0 Å². The predicted molar refractivity (Wildman–Crippen MR) is 82.7 cm³/mol. The van der Waals surface area contributed by atoms with Crippen molar-refractivity contribution in [2.24, 2.45) is 0 Å². The first kappa shape index (κ1) is 15.1. The molecule has 0 aromatic heterocycles. The number of hydrogen-bond acceptors (Lipinski definition) is 5. The molecule has 0 unspecified atom stereocenters. The Bertz CT molecular complexity index is 547. The van der Waals surface area contributed by atoms with Gasteiger partial charge in [0.25, 0.3) is 5.91 Å². The van der Waals surface area contributed by atoms with E-state index < -0.39 is 6.10 Å². The number of hydrogen-bond donors (Lipinski definition) is 0. The minimum Gasteiger partial charge on any atom is -0.378 e. The van der Waals surface area contributed by atoms with Gasteiger partial charge in [0, 0.05) is 26.2 Å². The Morgan fingerprint density at radius 2 is 1.87 bits per heavy atom. The van der Waals surface area contributed by atoms with Crippen molar-refractivity contribution >= 4 is 5.91 Å². The normalized spacial score (nSPS) is 31.3. The standard InChI is InChI=1S/C17H22N2O4/c20-17(19-6-8-21-9-7-19)16-14-11-18(12-15(22-14)23-16)10-13-4-2-1-3-5-13/h1-5,14-16H,6-12H2/t14-,15-,16+/m0/s1. The first-order valence-electron chi connectivity index (χ1n) is 8.23. The number of benzene rings is 1. The second kappa shape index (κ2) is 6.57. The van der Waals surface area contributed by atoms with E-state index in [1.807, 2.05) is 23.1 Å². The highest BCUT2D eigenvalue weighted by atomic mass is 16.7. The van der Waals surface area contributed by atoms with E-state index in [0.29, 0.717) is 32.8 Å². The zero-order chi connectivity index (χ0) is 15.6. The summed E-state index contributed by atoms with van der Waals surface area (Å²) in [5, 5.41) is 0. The summed E-state index contributed by atoms with van der Waals surface area (Å²) in [6, 6.07) is 10.4. The molecule has 0 aliphatic carbocycles. The molecule has 3 aliphatic heterocycles. The third-order valence-electron chi connectivity index (χ3n) is 4.62. The van der Waals surface area contributed by atoms with Crippen molar-refractivity contribution in [3.63, 3.8) is 0 Å². The van der Waals surface area contributed by atoms with Crippen molar-refractivity contribution in [2.75, 3.05) is 39.4 Å². The maximum atomic E-state index is 12.7. The van der Waals surface area contributed by atoms with Gasteiger partial charge < -0.3 is 19.1 Å². The van der Waals surface area contributed by atoms with Gasteiger partial charge in [-0.15, -0.1) is 0 Å². The predicted octanol–water partition coefficient (Wildman–Crippen LogP) is 0.471. The maximum absolute atomic E-state index is 12.7. The Labute approximate surface area is 135 Å². The molecule has 3 fully saturated rings. The molecule has 3 saturated heterocycles. The Balaban J connectivity index is 1.39. The van der Waals surface area contributed by atoms with Gasteiger partial charge in [-0.1, -0.05) is 30.3 Å². The summed E-state index contributed by atoms with van der Waals surface area (Å²) >= 11 is 0. The van der Waals surface area contributed by atoms with Crippen LogP contribution in [0.2, 0.25) is 0 Å². The molecule has 3 heterocycles. The van der Waals surface area contributed by atoms with E-state index in [2.05, 4.69) is 17.0 Å². The third-order valence-corrected chi connectivity index (χ3v) is 4.62. The molecule has 1 amide bonds. The monoisotopic (exact) mass is 318 g/mol. The van der Waals surface area contributed by atoms with Crippen molar-refractivity contribution in [1.29, 1.82) is 0 Å². The number of fused-ring (bicyclic) bond motifs is 2. The highest BCUT2D eigenvalue weighted by molar-refractivity contribution is 5.82. The molecule has 1 aromatic rings. The van der Waals surface area contributed by atoms with Crippen molar-refractivity contribution < 1.29 is 19.0 Å². The lowest BCUT2D eigenvalue weighted by molar-refractivity contribution is -0.148. The summed E-state index contributed by atoms with van der Waals surface area (Å²) in [4.78, 5) is 16.8. The number of amides is 1. The lowest BCUT2D eigenvalue weighted by atomic mass is 10.1. The van der Waals surface area contributed by atoms with Gasteiger partial charge in [0.05, 0.1) is 19.8 Å². The fourth-order valence-electron chi connectivity index (χ4n) is 3.47. The van der Waals surface area contributed by atoms with Crippen LogP contribution in [0, 0.1) is 0 Å². The highest BCUT2D eigenvalue weighted by Gasteiger charge is 2.47. The van der Waals surface area contributed by atoms with Gasteiger partial charge >= 0.3 is 0 Å². The number of ether oxygens (including phenoxy) is 3. The summed E-state index contributed by atoms with van der Waals surface area (Å²) < 4.78 is 17.0. The molecule has 4 rings (SSSR count). The maximum Gasteiger partial charge on any atom is 0.254 e. The van der Waals surface area contributed by atoms with Gasteiger partial charge in [-0.2, -0.15) is 0 Å². The number of carbonyl (C=O) groups excluding carboxylic acids is 1. The van der Waals surface area contributed by atoms with E-state index >= 15 is 0 Å². The third kappa shape index (κ3) is 3.26. The summed E-state index contributed by atoms with van der Waals surface area (Å²) in [6.45, 7) is 4.79. The molecule has 3 aliphatic rings. The Kier molecular flexibility index (Phi) is 4.31. The summed E-state index contributed by atoms with van der Waals surface area (Å²) in [6.07, 6.45) is -0.945. The number of morpholine rings is 2. The SMILES string of the molecule is O=C([C@@H]1O[C@H]2CN(Cc3ccccc3)C[C@@H]1O2)N1CCOCC1. The van der Waals surface area contributed by atoms with Crippen LogP contribution in [0.5, 0.6) is 0 Å². The molecule has 0 N–H and O–H groups in total. The van der Waals surface area contributed by atoms with Gasteiger partial charge in [-0.3, -0.25) is 9.69 Å². The molecule has 6 heteroatoms. The van der Waals surface area contributed by atoms with E-state index in [-0.39, 0.29) is 18.3 Å². The van der Waals surface area contributed by atoms with Gasteiger partial charge in [0.15, 0.2) is 12.4 Å². The van der Waals surface area contributed by atoms with Crippen LogP contribution in [-0.4, -0.2) is 73.6 Å². The van der Waals surface area contributed by atoms with E-state index in [1.54, 1.807) is 0 Å². The van der Waals surface area contributed by atoms with Crippen LogP contribution in [0.1, 0.15) is 5.56 Å². The first-order chi connectivity index (χ1) is 11.3. The van der Waals surface area contributed by atoms with Crippen molar-refractivity contribution in [3.05, 3.63) is 35.9 Å². The van der Waals surface area contributed by atoms with Crippen LogP contribution >= 0.6 is 0 Å². The van der Waals surface area contributed by atoms with Crippen LogP contribution in [0.15, 0.2) is 30.3 Å². The molecular weight excluding hydrogens is 296 g/mol. The number of rotatable bonds is 3. The summed E-state index contributed by atoms with van der Waals surface area (Å²) in [5.74, 6) is 0.0439. The van der Waals surface area contributed by atoms with E-state index in [9.17, 15) is 4.79 Å². The Hall–Kier alpha value is -1.47. The molecule has 23 heavy (non-hydrogen) atoms. The number of nitrogens with zero attached hydrogens (tertiary/aromatic N) is 2. The van der Waals surface area contributed by atoms with Crippen LogP contribution in [0.25, 0.3) is 0 Å². The van der Waals surface area contributed by atoms with Crippen molar-refractivity contribution in [2.45, 2.75) is 25.0 Å². The second-order valence-corrected chi connectivity index (χ2v) is 6.28. The first-order valence-corrected chi connectivity index (χ1v) is 8.23. The van der Waals surface area contributed by atoms with Crippen molar-refractivity contribution in [1.82, 2.24) is 9.80 Å². The fraction of sp³-hybridized carbons (Fsp3) is 0.588. The molecule has 0 saturated carbocycles. The molecular formula is C17H22N2O4. The van der Waals surface area contributed by atoms with Gasteiger partial charge in [0.1, 0.15) is 6.10 Å². The fourth-order valence-corrected chi connectivity index (χ4v) is 3.47. The van der Waals surface area contributed by atoms with E-state index in [0.717, 1.165) is 13.1 Å². The molecule has 0 spiro atoms. The molecule has 124 valence electrons. The molecule has 3 atom stereocenters. The van der Waals surface area contributed by atoms with Crippen molar-refractivity contribution in [3.8, 4) is 0 Å². The number of carbonyl (C=O) groups is 1. The minimum absolute atomic E-state index is 0.0439. The lowest BCUT2D eigenvalue weighted by Gasteiger charge is -2.32. The van der Waals surface area contributed by atoms with Gasteiger partial charge in [-0.05, 0) is 5.56 Å². The van der Waals surface area contributed by atoms with E-state index in [4.69, 9.17) is 14.2 Å². The molecule has 2 bridgehead atoms. The Morgan fingerprint density at radius 3 is 2.65 bits per heavy atom. The molecule has 1 aromatic carbocycles. The smallest absolute Gasteiger partial charge is 0.254 e. The quantitative estimate of drug-likeness (QED) is 0.811. The van der Waals surface area contributed by atoms with Crippen LogP contribution in [-0.2, 0) is 25.5 Å². The largest absolute Gasteiger partial charge is 0.378 e. The second-order valence-electron chi connectivity index (χ2n) is 6.28. The minimum atomic E-state index is -0.473. The highest BCUT2D eigenvalue weighted by Crippen LogP contribution is 2.28. The molecule has 0 radical (unpaired) electrons. The van der Waals surface area contributed by atoms with Gasteiger partial charge in [0.2, 0.25) is 0 Å². The summed E-state index contributed by atoms with van der Waals surface area (Å²) in [7, 11) is 0. The zero-order valence-electron chi connectivity index (χ0n) is 13.1. The zero-order valence-corrected chi connectivity index (χ0v) is 13.1. The average Bonchev–Trinajstić information content (AvgIpc) is 2.90. The van der Waals surface area contributed by atoms with Gasteiger partial charge in [-0.25, -0.2) is 0 Å². The topological polar surface area (TPSA) is 51.2 Å².